The van der Waals surface area contributed by atoms with Gasteiger partial charge in [0, 0.05) is 39.3 Å². The van der Waals surface area contributed by atoms with Crippen molar-refractivity contribution in [2.45, 2.75) is 0 Å². The molecule has 3 heterocycles. The third-order valence-corrected chi connectivity index (χ3v) is 5.32. The second-order valence-corrected chi connectivity index (χ2v) is 6.94. The Labute approximate surface area is 156 Å². The minimum atomic E-state index is -0.339. The number of aromatic nitrogens is 2. The average Bonchev–Trinajstić information content (AvgIpc) is 2.63. The molecule has 8 heteroatoms. The lowest BCUT2D eigenvalue weighted by Crippen LogP contribution is -2.56. The Morgan fingerprint density at radius 3 is 2.42 bits per heavy atom. The number of halogens is 1. The Hall–Kier alpha value is -2.38. The Morgan fingerprint density at radius 2 is 1.81 bits per heavy atom. The predicted molar refractivity (Wildman–Crippen MR) is 100.0 cm³/mol. The summed E-state index contributed by atoms with van der Waals surface area (Å²) in [5.41, 5.74) is 0.964. The molecule has 26 heavy (non-hydrogen) atoms. The van der Waals surface area contributed by atoms with Crippen LogP contribution in [0, 0.1) is 5.92 Å². The molecule has 0 radical (unpaired) electrons. The first-order valence-corrected chi connectivity index (χ1v) is 9.10. The lowest BCUT2D eigenvalue weighted by Gasteiger charge is -2.39. The summed E-state index contributed by atoms with van der Waals surface area (Å²) in [5.74, 6) is 0.328. The largest absolute Gasteiger partial charge is 0.365 e. The van der Waals surface area contributed by atoms with Crippen LogP contribution in [0.1, 0.15) is 0 Å². The van der Waals surface area contributed by atoms with Gasteiger partial charge in [-0.25, -0.2) is 0 Å². The van der Waals surface area contributed by atoms with Crippen LogP contribution in [-0.4, -0.2) is 59.9 Å². The quantitative estimate of drug-likeness (QED) is 0.860. The van der Waals surface area contributed by atoms with E-state index in [1.54, 1.807) is 6.20 Å². The maximum atomic E-state index is 12.6. The standard InChI is InChI=1S/C18H20ClN5O2/c19-16-15(12-21-24(18(16)26)14-4-2-1-3-5-14)22-6-8-23(9-7-22)17(25)13-10-20-11-13/h1-5,12-13,20H,6-11H2. The maximum absolute atomic E-state index is 12.6. The zero-order valence-electron chi connectivity index (χ0n) is 14.3. The molecule has 1 N–H and O–H groups in total. The summed E-state index contributed by atoms with van der Waals surface area (Å²) in [6, 6.07) is 9.19. The molecule has 0 saturated carbocycles. The van der Waals surface area contributed by atoms with Crippen molar-refractivity contribution in [3.05, 3.63) is 51.9 Å². The van der Waals surface area contributed by atoms with Crippen molar-refractivity contribution >= 4 is 23.2 Å². The summed E-state index contributed by atoms with van der Waals surface area (Å²) in [6.45, 7) is 4.09. The number of hydrogen-bond acceptors (Lipinski definition) is 5. The molecule has 0 unspecified atom stereocenters. The first kappa shape index (κ1) is 17.1. The van der Waals surface area contributed by atoms with Gasteiger partial charge in [0.15, 0.2) is 0 Å². The fourth-order valence-electron chi connectivity index (χ4n) is 3.29. The van der Waals surface area contributed by atoms with Gasteiger partial charge in [0.25, 0.3) is 5.56 Å². The number of nitrogens with one attached hydrogen (secondary N) is 1. The molecule has 2 aromatic rings. The minimum Gasteiger partial charge on any atom is -0.365 e. The van der Waals surface area contributed by atoms with Gasteiger partial charge >= 0.3 is 0 Å². The van der Waals surface area contributed by atoms with E-state index in [0.29, 0.717) is 37.6 Å². The number of benzene rings is 1. The summed E-state index contributed by atoms with van der Waals surface area (Å²) in [4.78, 5) is 28.9. The molecule has 136 valence electrons. The van der Waals surface area contributed by atoms with E-state index >= 15 is 0 Å². The highest BCUT2D eigenvalue weighted by molar-refractivity contribution is 6.33. The van der Waals surface area contributed by atoms with Crippen LogP contribution in [0.5, 0.6) is 0 Å². The molecular weight excluding hydrogens is 354 g/mol. The van der Waals surface area contributed by atoms with E-state index in [9.17, 15) is 9.59 Å². The highest BCUT2D eigenvalue weighted by atomic mass is 35.5. The maximum Gasteiger partial charge on any atom is 0.292 e. The Balaban J connectivity index is 1.50. The van der Waals surface area contributed by atoms with Crippen molar-refractivity contribution < 1.29 is 4.79 Å². The number of nitrogens with zero attached hydrogens (tertiary/aromatic N) is 4. The van der Waals surface area contributed by atoms with Gasteiger partial charge in [-0.15, -0.1) is 0 Å². The van der Waals surface area contributed by atoms with E-state index in [1.807, 2.05) is 40.1 Å². The zero-order chi connectivity index (χ0) is 18.1. The molecule has 7 nitrogen and oxygen atoms in total. The Kier molecular flexibility index (Phi) is 4.65. The van der Waals surface area contributed by atoms with Crippen molar-refractivity contribution in [3.8, 4) is 5.69 Å². The number of piperazine rings is 1. The fraction of sp³-hybridized carbons (Fsp3) is 0.389. The number of amides is 1. The van der Waals surface area contributed by atoms with E-state index in [1.165, 1.54) is 4.68 Å². The lowest BCUT2D eigenvalue weighted by molar-refractivity contribution is -0.137. The van der Waals surface area contributed by atoms with Crippen molar-refractivity contribution in [2.24, 2.45) is 5.92 Å². The molecule has 1 amide bonds. The predicted octanol–water partition coefficient (Wildman–Crippen LogP) is 0.754. The van der Waals surface area contributed by atoms with Crippen molar-refractivity contribution in [2.75, 3.05) is 44.2 Å². The molecule has 0 spiro atoms. The average molecular weight is 374 g/mol. The molecule has 2 aliphatic heterocycles. The summed E-state index contributed by atoms with van der Waals surface area (Å²) < 4.78 is 1.30. The van der Waals surface area contributed by atoms with Crippen LogP contribution in [0.2, 0.25) is 5.02 Å². The normalized spacial score (nSPS) is 17.9. The first-order valence-electron chi connectivity index (χ1n) is 8.73. The van der Waals surface area contributed by atoms with Crippen LogP contribution in [0.15, 0.2) is 41.3 Å². The summed E-state index contributed by atoms with van der Waals surface area (Å²) in [5, 5.41) is 7.57. The summed E-state index contributed by atoms with van der Waals surface area (Å²) >= 11 is 6.36. The molecule has 0 aliphatic carbocycles. The van der Waals surface area contributed by atoms with E-state index in [4.69, 9.17) is 11.6 Å². The molecule has 4 rings (SSSR count). The second kappa shape index (κ2) is 7.09. The molecule has 1 aromatic carbocycles. The number of para-hydroxylation sites is 1. The summed E-state index contributed by atoms with van der Waals surface area (Å²) in [7, 11) is 0. The van der Waals surface area contributed by atoms with E-state index < -0.39 is 0 Å². The summed E-state index contributed by atoms with van der Waals surface area (Å²) in [6.07, 6.45) is 1.63. The third-order valence-electron chi connectivity index (χ3n) is 4.96. The molecule has 2 fully saturated rings. The molecule has 0 atom stereocenters. The van der Waals surface area contributed by atoms with Gasteiger partial charge < -0.3 is 15.1 Å². The van der Waals surface area contributed by atoms with Gasteiger partial charge in [-0.1, -0.05) is 29.8 Å². The van der Waals surface area contributed by atoms with E-state index in [0.717, 1.165) is 13.1 Å². The molecular formula is C18H20ClN5O2. The van der Waals surface area contributed by atoms with Gasteiger partial charge in [-0.05, 0) is 12.1 Å². The molecule has 1 aromatic heterocycles. The monoisotopic (exact) mass is 373 g/mol. The van der Waals surface area contributed by atoms with Crippen LogP contribution in [0.4, 0.5) is 5.69 Å². The number of rotatable bonds is 3. The van der Waals surface area contributed by atoms with Crippen LogP contribution in [-0.2, 0) is 4.79 Å². The minimum absolute atomic E-state index is 0.113. The van der Waals surface area contributed by atoms with Gasteiger partial charge in [-0.2, -0.15) is 9.78 Å². The topological polar surface area (TPSA) is 70.5 Å². The van der Waals surface area contributed by atoms with Crippen molar-refractivity contribution in [1.82, 2.24) is 20.0 Å². The van der Waals surface area contributed by atoms with Gasteiger partial charge in [-0.3, -0.25) is 9.59 Å². The highest BCUT2D eigenvalue weighted by Gasteiger charge is 2.31. The second-order valence-electron chi connectivity index (χ2n) is 6.56. The van der Waals surface area contributed by atoms with E-state index in [-0.39, 0.29) is 22.4 Å². The van der Waals surface area contributed by atoms with E-state index in [2.05, 4.69) is 10.4 Å². The Morgan fingerprint density at radius 1 is 1.12 bits per heavy atom. The molecule has 2 saturated heterocycles. The molecule has 0 bridgehead atoms. The fourth-order valence-corrected chi connectivity index (χ4v) is 3.54. The number of anilines is 1. The highest BCUT2D eigenvalue weighted by Crippen LogP contribution is 2.23. The SMILES string of the molecule is O=C(C1CNC1)N1CCN(c2cnn(-c3ccccc3)c(=O)c2Cl)CC1. The smallest absolute Gasteiger partial charge is 0.292 e. The van der Waals surface area contributed by atoms with Crippen LogP contribution < -0.4 is 15.8 Å². The van der Waals surface area contributed by atoms with Crippen LogP contribution >= 0.6 is 11.6 Å². The third kappa shape index (κ3) is 3.08. The number of carbonyl (C=O) groups is 1. The lowest BCUT2D eigenvalue weighted by atomic mass is 10.0. The zero-order valence-corrected chi connectivity index (χ0v) is 15.0. The number of hydrogen-bond donors (Lipinski definition) is 1. The van der Waals surface area contributed by atoms with Gasteiger partial charge in [0.05, 0.1) is 23.5 Å². The number of carbonyl (C=O) groups excluding carboxylic acids is 1. The van der Waals surface area contributed by atoms with Crippen molar-refractivity contribution in [1.29, 1.82) is 0 Å². The van der Waals surface area contributed by atoms with Crippen LogP contribution in [0.3, 0.4) is 0 Å². The van der Waals surface area contributed by atoms with Gasteiger partial charge in [0.1, 0.15) is 5.02 Å². The molecule has 2 aliphatic rings. The first-order chi connectivity index (χ1) is 12.6. The Bertz CT molecular complexity index is 858. The van der Waals surface area contributed by atoms with Crippen molar-refractivity contribution in [3.63, 3.8) is 0 Å². The van der Waals surface area contributed by atoms with Gasteiger partial charge in [0.2, 0.25) is 5.91 Å². The van der Waals surface area contributed by atoms with Crippen LogP contribution in [0.25, 0.3) is 5.69 Å².